The molecule has 2 aromatic heterocycles. The first-order valence-electron chi connectivity index (χ1n) is 9.51. The van der Waals surface area contributed by atoms with Crippen LogP contribution in [0.5, 0.6) is 0 Å². The minimum Gasteiger partial charge on any atom is -0.378 e. The van der Waals surface area contributed by atoms with Gasteiger partial charge >= 0.3 is 0 Å². The summed E-state index contributed by atoms with van der Waals surface area (Å²) in [4.78, 5) is 26.2. The van der Waals surface area contributed by atoms with Gasteiger partial charge in [0.2, 0.25) is 5.91 Å². The van der Waals surface area contributed by atoms with Gasteiger partial charge < -0.3 is 14.5 Å². The zero-order valence-corrected chi connectivity index (χ0v) is 16.2. The van der Waals surface area contributed by atoms with Crippen molar-refractivity contribution in [2.45, 2.75) is 39.8 Å². The van der Waals surface area contributed by atoms with Crippen molar-refractivity contribution >= 4 is 11.7 Å². The normalized spacial score (nSPS) is 18.3. The van der Waals surface area contributed by atoms with Gasteiger partial charge in [0, 0.05) is 30.9 Å². The van der Waals surface area contributed by atoms with Crippen molar-refractivity contribution in [2.24, 2.45) is 0 Å². The largest absolute Gasteiger partial charge is 0.378 e. The first kappa shape index (κ1) is 17.9. The molecule has 2 aliphatic rings. The summed E-state index contributed by atoms with van der Waals surface area (Å²) in [5.74, 6) is 1.08. The standard InChI is InChI=1S/C19H26N6O2/c1-13-10-14(2)25(22-13)15(3)19(26)24-5-4-16-17(11-24)20-12-21-18(16)23-6-8-27-9-7-23/h10,12,15H,4-9,11H2,1-3H3/t15-/m0/s1. The Labute approximate surface area is 159 Å². The molecule has 0 aliphatic carbocycles. The number of carbonyl (C=O) groups excluding carboxylic acids is 1. The monoisotopic (exact) mass is 370 g/mol. The maximum atomic E-state index is 13.1. The summed E-state index contributed by atoms with van der Waals surface area (Å²) in [5, 5.41) is 4.47. The first-order chi connectivity index (χ1) is 13.0. The fourth-order valence-electron chi connectivity index (χ4n) is 3.98. The molecule has 0 radical (unpaired) electrons. The van der Waals surface area contributed by atoms with Crippen LogP contribution in [0.3, 0.4) is 0 Å². The summed E-state index contributed by atoms with van der Waals surface area (Å²) in [6.07, 6.45) is 2.39. The van der Waals surface area contributed by atoms with E-state index < -0.39 is 0 Å². The molecule has 0 N–H and O–H groups in total. The van der Waals surface area contributed by atoms with E-state index in [0.717, 1.165) is 55.6 Å². The first-order valence-corrected chi connectivity index (χ1v) is 9.51. The van der Waals surface area contributed by atoms with Crippen LogP contribution in [0, 0.1) is 13.8 Å². The second kappa shape index (κ2) is 7.26. The highest BCUT2D eigenvalue weighted by atomic mass is 16.5. The zero-order chi connectivity index (χ0) is 19.0. The smallest absolute Gasteiger partial charge is 0.247 e. The van der Waals surface area contributed by atoms with E-state index >= 15 is 0 Å². The molecule has 0 bridgehead atoms. The number of rotatable bonds is 3. The predicted octanol–water partition coefficient (Wildman–Crippen LogP) is 1.27. The fraction of sp³-hybridized carbons (Fsp3) is 0.579. The van der Waals surface area contributed by atoms with E-state index in [1.807, 2.05) is 36.4 Å². The van der Waals surface area contributed by atoms with Crippen molar-refractivity contribution in [3.63, 3.8) is 0 Å². The fourth-order valence-corrected chi connectivity index (χ4v) is 3.98. The lowest BCUT2D eigenvalue weighted by atomic mass is 10.0. The summed E-state index contributed by atoms with van der Waals surface area (Å²) in [7, 11) is 0. The van der Waals surface area contributed by atoms with Gasteiger partial charge in [-0.1, -0.05) is 0 Å². The zero-order valence-electron chi connectivity index (χ0n) is 16.2. The molecule has 4 heterocycles. The second-order valence-electron chi connectivity index (χ2n) is 7.28. The average molecular weight is 370 g/mol. The number of carbonyl (C=O) groups is 1. The Morgan fingerprint density at radius 1 is 1.19 bits per heavy atom. The number of amides is 1. The van der Waals surface area contributed by atoms with Crippen molar-refractivity contribution in [1.29, 1.82) is 0 Å². The van der Waals surface area contributed by atoms with E-state index in [1.165, 1.54) is 5.56 Å². The van der Waals surface area contributed by atoms with Crippen LogP contribution in [-0.2, 0) is 22.5 Å². The molecule has 0 spiro atoms. The molecule has 27 heavy (non-hydrogen) atoms. The Balaban J connectivity index is 1.53. The molecule has 1 saturated heterocycles. The highest BCUT2D eigenvalue weighted by Crippen LogP contribution is 2.27. The third-order valence-electron chi connectivity index (χ3n) is 5.38. The Hall–Kier alpha value is -2.48. The SMILES string of the molecule is Cc1cc(C)n([C@@H](C)C(=O)N2CCc3c(ncnc3N3CCOCC3)C2)n1. The van der Waals surface area contributed by atoms with E-state index in [-0.39, 0.29) is 11.9 Å². The van der Waals surface area contributed by atoms with Crippen molar-refractivity contribution < 1.29 is 9.53 Å². The lowest BCUT2D eigenvalue weighted by Gasteiger charge is -2.34. The van der Waals surface area contributed by atoms with Crippen LogP contribution >= 0.6 is 0 Å². The number of nitrogens with zero attached hydrogens (tertiary/aromatic N) is 6. The minimum absolute atomic E-state index is 0.0818. The molecule has 0 aromatic carbocycles. The van der Waals surface area contributed by atoms with Crippen molar-refractivity contribution in [2.75, 3.05) is 37.7 Å². The van der Waals surface area contributed by atoms with E-state index in [0.29, 0.717) is 13.1 Å². The Morgan fingerprint density at radius 2 is 1.96 bits per heavy atom. The van der Waals surface area contributed by atoms with Crippen LogP contribution in [0.25, 0.3) is 0 Å². The van der Waals surface area contributed by atoms with Crippen LogP contribution < -0.4 is 4.90 Å². The van der Waals surface area contributed by atoms with Crippen LogP contribution in [0.1, 0.15) is 35.6 Å². The van der Waals surface area contributed by atoms with Gasteiger partial charge in [-0.25, -0.2) is 9.97 Å². The van der Waals surface area contributed by atoms with E-state index in [4.69, 9.17) is 4.74 Å². The van der Waals surface area contributed by atoms with Crippen LogP contribution in [-0.4, -0.2) is 63.4 Å². The molecule has 8 nitrogen and oxygen atoms in total. The highest BCUT2D eigenvalue weighted by molar-refractivity contribution is 5.80. The number of hydrogen-bond acceptors (Lipinski definition) is 6. The van der Waals surface area contributed by atoms with Crippen molar-refractivity contribution in [1.82, 2.24) is 24.6 Å². The van der Waals surface area contributed by atoms with Gasteiger partial charge in [0.15, 0.2) is 0 Å². The van der Waals surface area contributed by atoms with Gasteiger partial charge in [0.05, 0.1) is 31.1 Å². The third kappa shape index (κ3) is 3.41. The van der Waals surface area contributed by atoms with E-state index in [2.05, 4.69) is 20.0 Å². The van der Waals surface area contributed by atoms with Gasteiger partial charge in [0.25, 0.3) is 0 Å². The maximum absolute atomic E-state index is 13.1. The molecule has 4 rings (SSSR count). The summed E-state index contributed by atoms with van der Waals surface area (Å²) >= 11 is 0. The molecule has 0 unspecified atom stereocenters. The lowest BCUT2D eigenvalue weighted by Crippen LogP contribution is -2.42. The summed E-state index contributed by atoms with van der Waals surface area (Å²) < 4.78 is 7.26. The summed E-state index contributed by atoms with van der Waals surface area (Å²) in [6, 6.07) is 1.68. The minimum atomic E-state index is -0.319. The molecule has 2 aromatic rings. The Morgan fingerprint density at radius 3 is 2.67 bits per heavy atom. The highest BCUT2D eigenvalue weighted by Gasteiger charge is 2.30. The molecule has 144 valence electrons. The number of fused-ring (bicyclic) bond motifs is 1. The van der Waals surface area contributed by atoms with Crippen molar-refractivity contribution in [3.8, 4) is 0 Å². The number of anilines is 1. The molecule has 1 atom stereocenters. The summed E-state index contributed by atoms with van der Waals surface area (Å²) in [6.45, 7) is 10.2. The van der Waals surface area contributed by atoms with Crippen LogP contribution in [0.15, 0.2) is 12.4 Å². The Kier molecular flexibility index (Phi) is 4.82. The summed E-state index contributed by atoms with van der Waals surface area (Å²) in [5.41, 5.74) is 4.05. The quantitative estimate of drug-likeness (QED) is 0.810. The van der Waals surface area contributed by atoms with Crippen LogP contribution in [0.2, 0.25) is 0 Å². The topological polar surface area (TPSA) is 76.4 Å². The maximum Gasteiger partial charge on any atom is 0.247 e. The third-order valence-corrected chi connectivity index (χ3v) is 5.38. The molecule has 0 saturated carbocycles. The van der Waals surface area contributed by atoms with Gasteiger partial charge in [-0.3, -0.25) is 9.48 Å². The number of hydrogen-bond donors (Lipinski definition) is 0. The predicted molar refractivity (Wildman–Crippen MR) is 101 cm³/mol. The average Bonchev–Trinajstić information content (AvgIpc) is 3.04. The lowest BCUT2D eigenvalue weighted by molar-refractivity contribution is -0.135. The van der Waals surface area contributed by atoms with Gasteiger partial charge in [-0.15, -0.1) is 0 Å². The van der Waals surface area contributed by atoms with Gasteiger partial charge in [-0.05, 0) is 33.3 Å². The molecule has 8 heteroatoms. The van der Waals surface area contributed by atoms with Crippen LogP contribution in [0.4, 0.5) is 5.82 Å². The van der Waals surface area contributed by atoms with E-state index in [9.17, 15) is 4.79 Å². The molecular weight excluding hydrogens is 344 g/mol. The second-order valence-corrected chi connectivity index (χ2v) is 7.28. The molecule has 2 aliphatic heterocycles. The Bertz CT molecular complexity index is 843. The number of ether oxygens (including phenoxy) is 1. The van der Waals surface area contributed by atoms with Gasteiger partial charge in [-0.2, -0.15) is 5.10 Å². The van der Waals surface area contributed by atoms with E-state index in [1.54, 1.807) is 6.33 Å². The number of aryl methyl sites for hydroxylation is 2. The molecular formula is C19H26N6O2. The molecule has 1 fully saturated rings. The number of morpholine rings is 1. The number of aromatic nitrogens is 4. The van der Waals surface area contributed by atoms with Gasteiger partial charge in [0.1, 0.15) is 18.2 Å². The van der Waals surface area contributed by atoms with Crippen molar-refractivity contribution in [3.05, 3.63) is 35.0 Å². The molecule has 1 amide bonds.